The Labute approximate surface area is 137 Å². The SMILES string of the molecule is Clc1ccc(-c2ccc3c(c2)Sc2ccccc2S3)cc1. The molecule has 0 nitrogen and oxygen atoms in total. The van der Waals surface area contributed by atoms with Gasteiger partial charge in [-0.05, 0) is 47.5 Å². The van der Waals surface area contributed by atoms with Crippen molar-refractivity contribution in [2.75, 3.05) is 0 Å². The molecule has 3 aromatic carbocycles. The molecule has 0 saturated heterocycles. The number of hydrogen-bond acceptors (Lipinski definition) is 2. The lowest BCUT2D eigenvalue weighted by atomic mass is 10.1. The molecule has 0 amide bonds. The summed E-state index contributed by atoms with van der Waals surface area (Å²) < 4.78 is 0. The van der Waals surface area contributed by atoms with Gasteiger partial charge in [0.15, 0.2) is 0 Å². The van der Waals surface area contributed by atoms with Crippen molar-refractivity contribution in [2.45, 2.75) is 19.6 Å². The topological polar surface area (TPSA) is 0 Å². The van der Waals surface area contributed by atoms with Crippen LogP contribution in [0.1, 0.15) is 0 Å². The molecule has 0 bridgehead atoms. The van der Waals surface area contributed by atoms with Gasteiger partial charge in [0.2, 0.25) is 0 Å². The Morgan fingerprint density at radius 1 is 0.571 bits per heavy atom. The fourth-order valence-corrected chi connectivity index (χ4v) is 4.73. The van der Waals surface area contributed by atoms with Crippen molar-refractivity contribution in [3.05, 3.63) is 71.8 Å². The summed E-state index contributed by atoms with van der Waals surface area (Å²) in [6.07, 6.45) is 0. The molecule has 0 aliphatic carbocycles. The first-order chi connectivity index (χ1) is 10.3. The number of rotatable bonds is 1. The van der Waals surface area contributed by atoms with E-state index in [1.165, 1.54) is 30.7 Å². The summed E-state index contributed by atoms with van der Waals surface area (Å²) in [6, 6.07) is 23.2. The van der Waals surface area contributed by atoms with Crippen molar-refractivity contribution in [2.24, 2.45) is 0 Å². The second-order valence-electron chi connectivity index (χ2n) is 4.82. The Bertz CT molecular complexity index is 810. The number of halogens is 1. The van der Waals surface area contributed by atoms with Crippen molar-refractivity contribution in [3.63, 3.8) is 0 Å². The number of benzene rings is 3. The molecular weight excluding hydrogens is 316 g/mol. The van der Waals surface area contributed by atoms with Gasteiger partial charge in [-0.3, -0.25) is 0 Å². The van der Waals surface area contributed by atoms with E-state index in [-0.39, 0.29) is 0 Å². The van der Waals surface area contributed by atoms with E-state index in [4.69, 9.17) is 11.6 Å². The highest BCUT2D eigenvalue weighted by Crippen LogP contribution is 2.49. The molecular formula is C18H11ClS2. The molecule has 102 valence electrons. The molecule has 1 aliphatic rings. The predicted molar refractivity (Wildman–Crippen MR) is 91.6 cm³/mol. The average molecular weight is 327 g/mol. The molecule has 0 N–H and O–H groups in total. The summed E-state index contributed by atoms with van der Waals surface area (Å²) in [5.41, 5.74) is 2.43. The van der Waals surface area contributed by atoms with E-state index >= 15 is 0 Å². The molecule has 0 atom stereocenters. The lowest BCUT2D eigenvalue weighted by Crippen LogP contribution is -1.89. The van der Waals surface area contributed by atoms with E-state index in [2.05, 4.69) is 54.6 Å². The molecule has 0 saturated carbocycles. The monoisotopic (exact) mass is 326 g/mol. The highest BCUT2D eigenvalue weighted by molar-refractivity contribution is 8.05. The first kappa shape index (κ1) is 13.3. The number of fused-ring (bicyclic) bond motifs is 2. The maximum absolute atomic E-state index is 5.96. The lowest BCUT2D eigenvalue weighted by Gasteiger charge is -2.18. The van der Waals surface area contributed by atoms with Crippen LogP contribution in [0.2, 0.25) is 5.02 Å². The Balaban J connectivity index is 1.74. The van der Waals surface area contributed by atoms with Gasteiger partial charge >= 0.3 is 0 Å². The third kappa shape index (κ3) is 2.59. The standard InChI is InChI=1S/C18H11ClS2/c19-14-8-5-12(6-9-14)13-7-10-17-18(11-13)21-16-4-2-1-3-15(16)20-17/h1-11H. The molecule has 1 heterocycles. The Morgan fingerprint density at radius 2 is 1.14 bits per heavy atom. The largest absolute Gasteiger partial charge is 0.0877 e. The van der Waals surface area contributed by atoms with Crippen LogP contribution in [-0.4, -0.2) is 0 Å². The maximum atomic E-state index is 5.96. The summed E-state index contributed by atoms with van der Waals surface area (Å²) in [4.78, 5) is 5.33. The molecule has 0 unspecified atom stereocenters. The summed E-state index contributed by atoms with van der Waals surface area (Å²) in [5, 5.41) is 0.774. The minimum Gasteiger partial charge on any atom is -0.0877 e. The Morgan fingerprint density at radius 3 is 1.86 bits per heavy atom. The van der Waals surface area contributed by atoms with Gasteiger partial charge in [-0.15, -0.1) is 0 Å². The Hall–Kier alpha value is -1.35. The van der Waals surface area contributed by atoms with E-state index in [0.29, 0.717) is 0 Å². The van der Waals surface area contributed by atoms with Crippen LogP contribution in [0.5, 0.6) is 0 Å². The third-order valence-electron chi connectivity index (χ3n) is 3.41. The molecule has 1 aliphatic heterocycles. The van der Waals surface area contributed by atoms with Crippen LogP contribution < -0.4 is 0 Å². The smallest absolute Gasteiger partial charge is 0.0406 e. The Kier molecular flexibility index (Phi) is 3.46. The summed E-state index contributed by atoms with van der Waals surface area (Å²) in [6.45, 7) is 0. The maximum Gasteiger partial charge on any atom is 0.0406 e. The van der Waals surface area contributed by atoms with Crippen LogP contribution in [-0.2, 0) is 0 Å². The van der Waals surface area contributed by atoms with Crippen LogP contribution in [0.25, 0.3) is 11.1 Å². The zero-order valence-corrected chi connectivity index (χ0v) is 13.4. The second-order valence-corrected chi connectivity index (χ2v) is 7.42. The summed E-state index contributed by atoms with van der Waals surface area (Å²) >= 11 is 9.66. The van der Waals surface area contributed by atoms with Crippen molar-refractivity contribution in [1.29, 1.82) is 0 Å². The van der Waals surface area contributed by atoms with E-state index in [1.807, 2.05) is 35.7 Å². The zero-order chi connectivity index (χ0) is 14.2. The summed E-state index contributed by atoms with van der Waals surface area (Å²) in [7, 11) is 0. The first-order valence-corrected chi connectivity index (χ1v) is 8.65. The molecule has 0 aromatic heterocycles. The van der Waals surface area contributed by atoms with Gasteiger partial charge in [0.25, 0.3) is 0 Å². The minimum absolute atomic E-state index is 0.774. The fourth-order valence-electron chi connectivity index (χ4n) is 2.35. The summed E-state index contributed by atoms with van der Waals surface area (Å²) in [5.74, 6) is 0. The van der Waals surface area contributed by atoms with Crippen molar-refractivity contribution in [3.8, 4) is 11.1 Å². The lowest BCUT2D eigenvalue weighted by molar-refractivity contribution is 1.16. The van der Waals surface area contributed by atoms with Crippen molar-refractivity contribution < 1.29 is 0 Å². The van der Waals surface area contributed by atoms with E-state index in [1.54, 1.807) is 0 Å². The molecule has 0 fully saturated rings. The van der Waals surface area contributed by atoms with Crippen LogP contribution >= 0.6 is 35.1 Å². The molecule has 0 spiro atoms. The van der Waals surface area contributed by atoms with Crippen LogP contribution in [0.4, 0.5) is 0 Å². The van der Waals surface area contributed by atoms with Gasteiger partial charge in [0.05, 0.1) is 0 Å². The molecule has 21 heavy (non-hydrogen) atoms. The predicted octanol–water partition coefficient (Wildman–Crippen LogP) is 6.62. The molecule has 0 radical (unpaired) electrons. The highest BCUT2D eigenvalue weighted by atomic mass is 35.5. The van der Waals surface area contributed by atoms with E-state index in [9.17, 15) is 0 Å². The highest BCUT2D eigenvalue weighted by Gasteiger charge is 2.16. The fraction of sp³-hybridized carbons (Fsp3) is 0. The minimum atomic E-state index is 0.774. The normalized spacial score (nSPS) is 12.6. The van der Waals surface area contributed by atoms with Crippen LogP contribution in [0.15, 0.2) is 86.3 Å². The van der Waals surface area contributed by atoms with Gasteiger partial charge < -0.3 is 0 Å². The number of hydrogen-bond donors (Lipinski definition) is 0. The third-order valence-corrected chi connectivity index (χ3v) is 6.21. The average Bonchev–Trinajstić information content (AvgIpc) is 2.53. The molecule has 3 aromatic rings. The first-order valence-electron chi connectivity index (χ1n) is 6.64. The van der Waals surface area contributed by atoms with Gasteiger partial charge in [-0.25, -0.2) is 0 Å². The zero-order valence-electron chi connectivity index (χ0n) is 11.0. The molecule has 3 heteroatoms. The van der Waals surface area contributed by atoms with Crippen molar-refractivity contribution in [1.82, 2.24) is 0 Å². The second kappa shape index (κ2) is 5.45. The quantitative estimate of drug-likeness (QED) is 0.385. The van der Waals surface area contributed by atoms with Crippen molar-refractivity contribution >= 4 is 35.1 Å². The van der Waals surface area contributed by atoms with Gasteiger partial charge in [-0.2, -0.15) is 0 Å². The van der Waals surface area contributed by atoms with Crippen LogP contribution in [0, 0.1) is 0 Å². The van der Waals surface area contributed by atoms with Gasteiger partial charge in [-0.1, -0.05) is 65.5 Å². The van der Waals surface area contributed by atoms with E-state index in [0.717, 1.165) is 5.02 Å². The van der Waals surface area contributed by atoms with E-state index < -0.39 is 0 Å². The van der Waals surface area contributed by atoms with Crippen LogP contribution in [0.3, 0.4) is 0 Å². The van der Waals surface area contributed by atoms with Gasteiger partial charge in [0.1, 0.15) is 0 Å². The molecule has 4 rings (SSSR count). The van der Waals surface area contributed by atoms with Gasteiger partial charge in [0, 0.05) is 24.6 Å².